The van der Waals surface area contributed by atoms with Crippen LogP contribution in [0.4, 0.5) is 4.79 Å². The van der Waals surface area contributed by atoms with Gasteiger partial charge in [-0.1, -0.05) is 19.1 Å². The Bertz CT molecular complexity index is 994. The maximum atomic E-state index is 11.4. The predicted molar refractivity (Wildman–Crippen MR) is 119 cm³/mol. The number of carboxylic acid groups (broad SMARTS) is 1. The Hall–Kier alpha value is -2.76. The largest absolute Gasteiger partial charge is 0.474 e. The zero-order valence-electron chi connectivity index (χ0n) is 18.5. The van der Waals surface area contributed by atoms with Gasteiger partial charge in [-0.05, 0) is 31.0 Å². The molecule has 2 fully saturated rings. The third kappa shape index (κ3) is 5.60. The molecule has 178 valence electrons. The Morgan fingerprint density at radius 1 is 1.21 bits per heavy atom. The lowest BCUT2D eigenvalue weighted by atomic mass is 9.98. The second-order valence-corrected chi connectivity index (χ2v) is 8.93. The van der Waals surface area contributed by atoms with Crippen molar-refractivity contribution in [3.05, 3.63) is 41.7 Å². The van der Waals surface area contributed by atoms with Crippen molar-refractivity contribution in [3.8, 4) is 17.5 Å². The summed E-state index contributed by atoms with van der Waals surface area (Å²) in [5.74, 6) is 1.44. The van der Waals surface area contributed by atoms with E-state index in [0.717, 1.165) is 12.0 Å². The fourth-order valence-corrected chi connectivity index (χ4v) is 4.65. The number of hydrogen-bond donors (Lipinski definition) is 1. The Kier molecular flexibility index (Phi) is 7.41. The highest BCUT2D eigenvalue weighted by Crippen LogP contribution is 2.31. The molecule has 0 radical (unpaired) electrons. The number of likely N-dealkylation sites (tertiary alicyclic amines) is 1. The molecule has 2 atom stereocenters. The molecular weight excluding hydrogens is 450 g/mol. The van der Waals surface area contributed by atoms with Gasteiger partial charge in [-0.2, -0.15) is 4.21 Å². The summed E-state index contributed by atoms with van der Waals surface area (Å²) in [7, 11) is 0. The fraction of sp³-hybridized carbons (Fsp3) is 0.500. The van der Waals surface area contributed by atoms with Crippen molar-refractivity contribution >= 4 is 17.5 Å². The highest BCUT2D eigenvalue weighted by atomic mass is 32.2. The van der Waals surface area contributed by atoms with Crippen molar-refractivity contribution in [3.63, 3.8) is 0 Å². The first-order chi connectivity index (χ1) is 15.9. The van der Waals surface area contributed by atoms with Gasteiger partial charge in [0, 0.05) is 31.3 Å². The average molecular weight is 478 g/mol. The van der Waals surface area contributed by atoms with Gasteiger partial charge in [-0.3, -0.25) is 8.37 Å². The normalized spacial score (nSPS) is 25.5. The summed E-state index contributed by atoms with van der Waals surface area (Å²) in [6.45, 7) is 4.92. The van der Waals surface area contributed by atoms with Gasteiger partial charge in [0.15, 0.2) is 0 Å². The van der Waals surface area contributed by atoms with E-state index in [9.17, 15) is 14.1 Å². The molecule has 2 saturated heterocycles. The highest BCUT2D eigenvalue weighted by Gasteiger charge is 2.32. The Labute approximate surface area is 194 Å². The van der Waals surface area contributed by atoms with E-state index in [-0.39, 0.29) is 18.1 Å². The smallest absolute Gasteiger partial charge is 0.407 e. The summed E-state index contributed by atoms with van der Waals surface area (Å²) in [6, 6.07) is 7.41. The van der Waals surface area contributed by atoms with Crippen molar-refractivity contribution in [2.24, 2.45) is 0 Å². The van der Waals surface area contributed by atoms with Gasteiger partial charge in [-0.15, -0.1) is 0 Å². The fourth-order valence-electron chi connectivity index (χ4n) is 4.03. The van der Waals surface area contributed by atoms with Crippen LogP contribution in [-0.2, 0) is 19.7 Å². The molecule has 33 heavy (non-hydrogen) atoms. The molecule has 3 heterocycles. The van der Waals surface area contributed by atoms with E-state index in [1.165, 1.54) is 11.2 Å². The van der Waals surface area contributed by atoms with Gasteiger partial charge in [0.1, 0.15) is 18.2 Å². The summed E-state index contributed by atoms with van der Waals surface area (Å²) < 4.78 is 33.3. The number of benzene rings is 1. The Balaban J connectivity index is 1.40. The number of amides is 1. The molecule has 4 rings (SSSR count). The summed E-state index contributed by atoms with van der Waals surface area (Å²) in [4.78, 5) is 21.4. The molecule has 0 saturated carbocycles. The number of rotatable bonds is 6. The van der Waals surface area contributed by atoms with Crippen LogP contribution in [0.5, 0.6) is 17.5 Å². The molecule has 10 nitrogen and oxygen atoms in total. The minimum Gasteiger partial charge on any atom is -0.474 e. The first kappa shape index (κ1) is 23.4. The second kappa shape index (κ2) is 10.4. The summed E-state index contributed by atoms with van der Waals surface area (Å²) >= 11 is -1.66. The van der Waals surface area contributed by atoms with Crippen LogP contribution in [0.25, 0.3) is 0 Å². The first-order valence-corrected chi connectivity index (χ1v) is 11.9. The second-order valence-electron chi connectivity index (χ2n) is 8.05. The van der Waals surface area contributed by atoms with Gasteiger partial charge in [0.25, 0.3) is 0 Å². The molecule has 1 amide bonds. The predicted octanol–water partition coefficient (Wildman–Crippen LogP) is 3.59. The van der Waals surface area contributed by atoms with E-state index in [2.05, 4.69) is 9.97 Å². The lowest BCUT2D eigenvalue weighted by Gasteiger charge is -2.37. The van der Waals surface area contributed by atoms with Gasteiger partial charge in [0.2, 0.25) is 11.8 Å². The molecule has 0 aliphatic carbocycles. The van der Waals surface area contributed by atoms with Crippen LogP contribution < -0.4 is 9.47 Å². The molecule has 11 heteroatoms. The van der Waals surface area contributed by atoms with Crippen molar-refractivity contribution in [2.75, 3.05) is 19.8 Å². The van der Waals surface area contributed by atoms with Gasteiger partial charge >= 0.3 is 17.5 Å². The minimum atomic E-state index is -1.66. The van der Waals surface area contributed by atoms with E-state index in [1.54, 1.807) is 0 Å². The first-order valence-electron chi connectivity index (χ1n) is 10.9. The van der Waals surface area contributed by atoms with E-state index in [0.29, 0.717) is 55.7 Å². The molecule has 0 bridgehead atoms. The van der Waals surface area contributed by atoms with Crippen molar-refractivity contribution < 1.29 is 31.9 Å². The zero-order valence-corrected chi connectivity index (χ0v) is 19.3. The molecular formula is C22H27N3O7S. The van der Waals surface area contributed by atoms with Gasteiger partial charge in [0.05, 0.1) is 18.8 Å². The number of ether oxygens (including phenoxy) is 2. The third-order valence-electron chi connectivity index (χ3n) is 5.95. The number of nitrogens with zero attached hydrogens (tertiary/aromatic N) is 3. The molecule has 0 spiro atoms. The average Bonchev–Trinajstić information content (AvgIpc) is 2.82. The number of aromatic nitrogens is 2. The molecule has 1 aromatic carbocycles. The molecule has 1 aromatic heterocycles. The van der Waals surface area contributed by atoms with Crippen LogP contribution >= 0.6 is 0 Å². The van der Waals surface area contributed by atoms with Crippen LogP contribution in [0.3, 0.4) is 0 Å². The summed E-state index contributed by atoms with van der Waals surface area (Å²) in [5.41, 5.74) is 1.67. The van der Waals surface area contributed by atoms with E-state index >= 15 is 0 Å². The van der Waals surface area contributed by atoms with Crippen LogP contribution in [0.1, 0.15) is 43.2 Å². The van der Waals surface area contributed by atoms with Crippen LogP contribution in [0, 0.1) is 6.92 Å². The standard InChI is InChI=1S/C22H27N3O7S/c1-3-17-10-19(8-9-25(17)22(26)27)32-21-14(2)20(23-13-24-21)31-18-6-4-15(5-7-18)16-11-29-33(28)30-12-16/h4-7,13,16-17,19H,3,8-12H2,1-2H3,(H,26,27)/t16?,17-,19+,33?/m1/s1. The quantitative estimate of drug-likeness (QED) is 0.665. The summed E-state index contributed by atoms with van der Waals surface area (Å²) in [6.07, 6.45) is 2.33. The topological polar surface area (TPSA) is 120 Å². The number of hydrogen-bond acceptors (Lipinski definition) is 8. The minimum absolute atomic E-state index is 0.0111. The van der Waals surface area contributed by atoms with Crippen molar-refractivity contribution in [2.45, 2.75) is 51.2 Å². The van der Waals surface area contributed by atoms with Gasteiger partial charge in [-0.25, -0.2) is 14.8 Å². The van der Waals surface area contributed by atoms with E-state index < -0.39 is 17.5 Å². The zero-order chi connectivity index (χ0) is 23.4. The van der Waals surface area contributed by atoms with Crippen LogP contribution in [-0.4, -0.2) is 62.2 Å². The van der Waals surface area contributed by atoms with Crippen LogP contribution in [0.15, 0.2) is 30.6 Å². The number of piperidine rings is 1. The van der Waals surface area contributed by atoms with Crippen LogP contribution in [0.2, 0.25) is 0 Å². The Morgan fingerprint density at radius 3 is 2.58 bits per heavy atom. The number of carbonyl (C=O) groups is 1. The molecule has 0 unspecified atom stereocenters. The third-order valence-corrected chi connectivity index (χ3v) is 6.61. The lowest BCUT2D eigenvalue weighted by molar-refractivity contribution is 0.0507. The lowest BCUT2D eigenvalue weighted by Crippen LogP contribution is -2.48. The monoisotopic (exact) mass is 477 g/mol. The summed E-state index contributed by atoms with van der Waals surface area (Å²) in [5, 5.41) is 9.36. The molecule has 2 aromatic rings. The maximum absolute atomic E-state index is 11.4. The highest BCUT2D eigenvalue weighted by molar-refractivity contribution is 7.75. The van der Waals surface area contributed by atoms with Gasteiger partial charge < -0.3 is 19.5 Å². The van der Waals surface area contributed by atoms with E-state index in [4.69, 9.17) is 17.8 Å². The molecule has 2 aliphatic heterocycles. The van der Waals surface area contributed by atoms with Crippen molar-refractivity contribution in [1.82, 2.24) is 14.9 Å². The maximum Gasteiger partial charge on any atom is 0.407 e. The molecule has 2 aliphatic rings. The Morgan fingerprint density at radius 2 is 1.91 bits per heavy atom. The molecule has 1 N–H and O–H groups in total. The SMILES string of the molecule is CC[C@@H]1C[C@@H](Oc2ncnc(Oc3ccc(C4COS(=O)OC4)cc3)c2C)CCN1C(=O)O. The van der Waals surface area contributed by atoms with E-state index in [1.807, 2.05) is 38.1 Å². The van der Waals surface area contributed by atoms with Crippen molar-refractivity contribution in [1.29, 1.82) is 0 Å².